The monoisotopic (exact) mass is 258 g/mol. The summed E-state index contributed by atoms with van der Waals surface area (Å²) >= 11 is 1.67. The fourth-order valence-corrected chi connectivity index (χ4v) is 4.00. The molecule has 3 rings (SSSR count). The molecule has 0 bridgehead atoms. The summed E-state index contributed by atoms with van der Waals surface area (Å²) in [5.41, 5.74) is 1.89. The molecule has 1 fully saturated rings. The summed E-state index contributed by atoms with van der Waals surface area (Å²) in [7, 11) is 0. The van der Waals surface area contributed by atoms with Crippen LogP contribution < -0.4 is 0 Å². The van der Waals surface area contributed by atoms with Gasteiger partial charge >= 0.3 is 0 Å². The Kier molecular flexibility index (Phi) is 2.80. The third-order valence-electron chi connectivity index (χ3n) is 4.06. The molecular weight excluding hydrogens is 240 g/mol. The van der Waals surface area contributed by atoms with Gasteiger partial charge in [-0.3, -0.25) is 0 Å². The van der Waals surface area contributed by atoms with Crippen molar-refractivity contribution in [1.29, 1.82) is 0 Å². The van der Waals surface area contributed by atoms with Crippen LogP contribution in [0.4, 0.5) is 0 Å². The molecule has 1 N–H and O–H groups in total. The predicted octanol–water partition coefficient (Wildman–Crippen LogP) is 4.07. The van der Waals surface area contributed by atoms with Gasteiger partial charge in [0.15, 0.2) is 0 Å². The molecule has 1 aliphatic carbocycles. The number of rotatable bonds is 3. The number of thiophene rings is 1. The molecule has 1 aromatic carbocycles. The second-order valence-corrected chi connectivity index (χ2v) is 6.36. The van der Waals surface area contributed by atoms with Crippen LogP contribution in [-0.4, -0.2) is 5.11 Å². The lowest BCUT2D eigenvalue weighted by atomic mass is 9.93. The van der Waals surface area contributed by atoms with Gasteiger partial charge in [-0.15, -0.1) is 11.3 Å². The molecular formula is C16H18OS. The van der Waals surface area contributed by atoms with Crippen molar-refractivity contribution in [2.75, 3.05) is 0 Å². The van der Waals surface area contributed by atoms with Gasteiger partial charge in [0, 0.05) is 4.88 Å². The fourth-order valence-electron chi connectivity index (χ4n) is 2.94. The van der Waals surface area contributed by atoms with Crippen molar-refractivity contribution < 1.29 is 5.11 Å². The van der Waals surface area contributed by atoms with E-state index in [-0.39, 0.29) is 0 Å². The van der Waals surface area contributed by atoms with Crippen LogP contribution in [-0.2, 0) is 5.60 Å². The lowest BCUT2D eigenvalue weighted by molar-refractivity contribution is 0.0341. The molecule has 18 heavy (non-hydrogen) atoms. The smallest absolute Gasteiger partial charge is 0.0996 e. The SMILES string of the molecule is Cc1ccsc1C(C)(O)C1CC1c1ccccc1. The first-order chi connectivity index (χ1) is 8.60. The van der Waals surface area contributed by atoms with E-state index < -0.39 is 5.60 Å². The van der Waals surface area contributed by atoms with Gasteiger partial charge in [-0.1, -0.05) is 30.3 Å². The Balaban J connectivity index is 1.84. The largest absolute Gasteiger partial charge is 0.384 e. The van der Waals surface area contributed by atoms with Gasteiger partial charge in [0.1, 0.15) is 0 Å². The number of hydrogen-bond acceptors (Lipinski definition) is 2. The second-order valence-electron chi connectivity index (χ2n) is 5.44. The highest BCUT2D eigenvalue weighted by molar-refractivity contribution is 7.10. The number of benzene rings is 1. The Labute approximate surface area is 112 Å². The topological polar surface area (TPSA) is 20.2 Å². The summed E-state index contributed by atoms with van der Waals surface area (Å²) < 4.78 is 0. The second kappa shape index (κ2) is 4.22. The van der Waals surface area contributed by atoms with Crippen LogP contribution in [0, 0.1) is 12.8 Å². The van der Waals surface area contributed by atoms with Crippen molar-refractivity contribution in [1.82, 2.24) is 0 Å². The molecule has 2 aromatic rings. The quantitative estimate of drug-likeness (QED) is 0.880. The molecule has 94 valence electrons. The van der Waals surface area contributed by atoms with Gasteiger partial charge in [0.2, 0.25) is 0 Å². The minimum absolute atomic E-state index is 0.359. The van der Waals surface area contributed by atoms with E-state index in [2.05, 4.69) is 42.6 Å². The van der Waals surface area contributed by atoms with E-state index in [0.717, 1.165) is 11.3 Å². The number of aryl methyl sites for hydroxylation is 1. The summed E-state index contributed by atoms with van der Waals surface area (Å²) in [6.07, 6.45) is 1.09. The van der Waals surface area contributed by atoms with Crippen molar-refractivity contribution >= 4 is 11.3 Å². The zero-order valence-electron chi connectivity index (χ0n) is 10.8. The van der Waals surface area contributed by atoms with Gasteiger partial charge in [0.25, 0.3) is 0 Å². The van der Waals surface area contributed by atoms with E-state index >= 15 is 0 Å². The van der Waals surface area contributed by atoms with Crippen LogP contribution in [0.25, 0.3) is 0 Å². The van der Waals surface area contributed by atoms with Crippen molar-refractivity contribution in [2.24, 2.45) is 5.92 Å². The lowest BCUT2D eigenvalue weighted by Gasteiger charge is -2.23. The van der Waals surface area contributed by atoms with Crippen LogP contribution in [0.3, 0.4) is 0 Å². The summed E-state index contributed by atoms with van der Waals surface area (Å²) in [6.45, 7) is 4.06. The Bertz CT molecular complexity index is 541. The third-order valence-corrected chi connectivity index (χ3v) is 5.31. The van der Waals surface area contributed by atoms with Crippen LogP contribution >= 0.6 is 11.3 Å². The zero-order chi connectivity index (χ0) is 12.8. The van der Waals surface area contributed by atoms with E-state index in [1.807, 2.05) is 13.0 Å². The summed E-state index contributed by atoms with van der Waals surface area (Å²) in [5, 5.41) is 12.9. The van der Waals surface area contributed by atoms with Crippen LogP contribution in [0.1, 0.15) is 35.3 Å². The Morgan fingerprint density at radius 3 is 2.56 bits per heavy atom. The normalized spacial score (nSPS) is 25.7. The minimum Gasteiger partial charge on any atom is -0.384 e. The molecule has 1 saturated carbocycles. The molecule has 2 heteroatoms. The average molecular weight is 258 g/mol. The van der Waals surface area contributed by atoms with Gasteiger partial charge in [0.05, 0.1) is 5.60 Å². The van der Waals surface area contributed by atoms with Crippen molar-refractivity contribution in [3.63, 3.8) is 0 Å². The molecule has 0 spiro atoms. The molecule has 1 heterocycles. The Morgan fingerprint density at radius 1 is 1.22 bits per heavy atom. The first-order valence-electron chi connectivity index (χ1n) is 6.42. The number of hydrogen-bond donors (Lipinski definition) is 1. The van der Waals surface area contributed by atoms with Crippen molar-refractivity contribution in [3.05, 3.63) is 57.8 Å². The highest BCUT2D eigenvalue weighted by Gasteiger charge is 2.51. The van der Waals surface area contributed by atoms with Gasteiger partial charge in [-0.2, -0.15) is 0 Å². The first kappa shape index (κ1) is 11.9. The molecule has 3 atom stereocenters. The zero-order valence-corrected chi connectivity index (χ0v) is 11.6. The molecule has 1 aliphatic rings. The summed E-state index contributed by atoms with van der Waals surface area (Å²) in [4.78, 5) is 1.13. The third kappa shape index (κ3) is 1.90. The highest BCUT2D eigenvalue weighted by atomic mass is 32.1. The lowest BCUT2D eigenvalue weighted by Crippen LogP contribution is -2.24. The molecule has 0 radical (unpaired) electrons. The molecule has 3 unspecified atom stereocenters. The molecule has 0 saturated heterocycles. The van der Waals surface area contributed by atoms with Gasteiger partial charge < -0.3 is 5.11 Å². The van der Waals surface area contributed by atoms with E-state index in [1.165, 1.54) is 11.1 Å². The summed E-state index contributed by atoms with van der Waals surface area (Å²) in [6, 6.07) is 12.6. The Morgan fingerprint density at radius 2 is 1.94 bits per heavy atom. The van der Waals surface area contributed by atoms with Crippen LogP contribution in [0.2, 0.25) is 0 Å². The maximum Gasteiger partial charge on any atom is 0.0996 e. The van der Waals surface area contributed by atoms with Crippen LogP contribution in [0.15, 0.2) is 41.8 Å². The van der Waals surface area contributed by atoms with E-state index in [1.54, 1.807) is 11.3 Å². The maximum atomic E-state index is 10.8. The molecule has 1 aromatic heterocycles. The molecule has 1 nitrogen and oxygen atoms in total. The summed E-state index contributed by atoms with van der Waals surface area (Å²) in [5.74, 6) is 0.875. The fraction of sp³-hybridized carbons (Fsp3) is 0.375. The van der Waals surface area contributed by atoms with E-state index in [9.17, 15) is 5.11 Å². The average Bonchev–Trinajstić information content (AvgIpc) is 3.07. The number of aliphatic hydroxyl groups is 1. The van der Waals surface area contributed by atoms with Crippen LogP contribution in [0.5, 0.6) is 0 Å². The first-order valence-corrected chi connectivity index (χ1v) is 7.30. The molecule has 0 amide bonds. The van der Waals surface area contributed by atoms with E-state index in [4.69, 9.17) is 0 Å². The van der Waals surface area contributed by atoms with Crippen molar-refractivity contribution in [2.45, 2.75) is 31.8 Å². The molecule has 0 aliphatic heterocycles. The van der Waals surface area contributed by atoms with Gasteiger partial charge in [-0.05, 0) is 54.7 Å². The van der Waals surface area contributed by atoms with Gasteiger partial charge in [-0.25, -0.2) is 0 Å². The predicted molar refractivity (Wildman–Crippen MR) is 75.9 cm³/mol. The minimum atomic E-state index is -0.682. The highest BCUT2D eigenvalue weighted by Crippen LogP contribution is 2.57. The van der Waals surface area contributed by atoms with Crippen molar-refractivity contribution in [3.8, 4) is 0 Å². The standard InChI is InChI=1S/C16H18OS/c1-11-8-9-18-15(11)16(2,17)14-10-13(14)12-6-4-3-5-7-12/h3-9,13-14,17H,10H2,1-2H3. The van der Waals surface area contributed by atoms with E-state index in [0.29, 0.717) is 11.8 Å². The maximum absolute atomic E-state index is 10.8. The Hall–Kier alpha value is -1.12.